The maximum absolute atomic E-state index is 13.8. The molecular formula is C14H17F2NO3. The standard InChI is InChI=1S/C14H17F2NO3/c1-20-14(19)4-5-17-8-10(18)7-13(17)11-6-9(15)2-3-12(11)16/h2-3,6,10,13,18H,4-5,7-8H2,1H3. The number of nitrogens with zero attached hydrogens (tertiary/aromatic N) is 1. The Bertz CT molecular complexity index is 495. The van der Waals surface area contributed by atoms with Crippen LogP contribution in [0.1, 0.15) is 24.4 Å². The quantitative estimate of drug-likeness (QED) is 0.854. The number of aliphatic hydroxyl groups excluding tert-OH is 1. The zero-order chi connectivity index (χ0) is 14.7. The topological polar surface area (TPSA) is 49.8 Å². The van der Waals surface area contributed by atoms with Gasteiger partial charge in [0.2, 0.25) is 0 Å². The number of carbonyl (C=O) groups excluding carboxylic acids is 1. The summed E-state index contributed by atoms with van der Waals surface area (Å²) in [4.78, 5) is 12.9. The second-order valence-corrected chi connectivity index (χ2v) is 4.89. The van der Waals surface area contributed by atoms with Crippen LogP contribution in [0.25, 0.3) is 0 Å². The lowest BCUT2D eigenvalue weighted by Crippen LogP contribution is -2.28. The summed E-state index contributed by atoms with van der Waals surface area (Å²) >= 11 is 0. The molecule has 2 atom stereocenters. The summed E-state index contributed by atoms with van der Waals surface area (Å²) in [5.41, 5.74) is 0.214. The number of halogens is 2. The summed E-state index contributed by atoms with van der Waals surface area (Å²) in [5.74, 6) is -1.39. The van der Waals surface area contributed by atoms with E-state index in [9.17, 15) is 18.7 Å². The Morgan fingerprint density at radius 2 is 2.25 bits per heavy atom. The van der Waals surface area contributed by atoms with Crippen molar-refractivity contribution in [3.8, 4) is 0 Å². The molecule has 1 aliphatic rings. The van der Waals surface area contributed by atoms with Crippen LogP contribution < -0.4 is 0 Å². The van der Waals surface area contributed by atoms with E-state index in [1.807, 2.05) is 0 Å². The smallest absolute Gasteiger partial charge is 0.306 e. The number of hydrogen-bond acceptors (Lipinski definition) is 4. The van der Waals surface area contributed by atoms with E-state index >= 15 is 0 Å². The highest BCUT2D eigenvalue weighted by molar-refractivity contribution is 5.69. The van der Waals surface area contributed by atoms with Gasteiger partial charge in [-0.05, 0) is 24.6 Å². The number of ether oxygens (including phenoxy) is 1. The number of β-amino-alcohol motifs (C(OH)–C–C–N with tert-alkyl or cyclic N) is 1. The maximum atomic E-state index is 13.8. The Kier molecular flexibility index (Phi) is 4.67. The van der Waals surface area contributed by atoms with Crippen molar-refractivity contribution >= 4 is 5.97 Å². The van der Waals surface area contributed by atoms with Gasteiger partial charge in [0.15, 0.2) is 0 Å². The molecule has 0 spiro atoms. The molecule has 0 amide bonds. The molecule has 0 aliphatic carbocycles. The second kappa shape index (κ2) is 6.28. The highest BCUT2D eigenvalue weighted by Gasteiger charge is 2.33. The molecule has 20 heavy (non-hydrogen) atoms. The summed E-state index contributed by atoms with van der Waals surface area (Å²) in [6, 6.07) is 2.85. The van der Waals surface area contributed by atoms with Crippen LogP contribution in [0, 0.1) is 11.6 Å². The Morgan fingerprint density at radius 1 is 1.50 bits per heavy atom. The molecule has 1 saturated heterocycles. The number of esters is 1. The van der Waals surface area contributed by atoms with Crippen molar-refractivity contribution in [2.45, 2.75) is 25.0 Å². The molecule has 6 heteroatoms. The minimum Gasteiger partial charge on any atom is -0.469 e. The van der Waals surface area contributed by atoms with Gasteiger partial charge in [-0.3, -0.25) is 9.69 Å². The predicted octanol–water partition coefficient (Wildman–Crippen LogP) is 1.64. The van der Waals surface area contributed by atoms with Gasteiger partial charge in [-0.2, -0.15) is 0 Å². The number of rotatable bonds is 4. The fourth-order valence-electron chi connectivity index (χ4n) is 2.56. The van der Waals surface area contributed by atoms with Crippen molar-refractivity contribution in [3.05, 3.63) is 35.4 Å². The monoisotopic (exact) mass is 285 g/mol. The van der Waals surface area contributed by atoms with Gasteiger partial charge >= 0.3 is 5.97 Å². The summed E-state index contributed by atoms with van der Waals surface area (Å²) < 4.78 is 31.7. The van der Waals surface area contributed by atoms with Crippen LogP contribution in [-0.4, -0.2) is 42.3 Å². The fourth-order valence-corrected chi connectivity index (χ4v) is 2.56. The van der Waals surface area contributed by atoms with E-state index in [4.69, 9.17) is 0 Å². The molecule has 0 bridgehead atoms. The van der Waals surface area contributed by atoms with Crippen molar-refractivity contribution < 1.29 is 23.4 Å². The average molecular weight is 285 g/mol. The Balaban J connectivity index is 2.15. The van der Waals surface area contributed by atoms with Crippen molar-refractivity contribution in [1.29, 1.82) is 0 Å². The molecule has 2 rings (SSSR count). The van der Waals surface area contributed by atoms with Crippen molar-refractivity contribution in [1.82, 2.24) is 4.90 Å². The third-order valence-corrected chi connectivity index (χ3v) is 3.53. The van der Waals surface area contributed by atoms with E-state index in [2.05, 4.69) is 4.74 Å². The molecular weight excluding hydrogens is 268 g/mol. The zero-order valence-electron chi connectivity index (χ0n) is 11.2. The number of aliphatic hydroxyl groups is 1. The number of methoxy groups -OCH3 is 1. The Morgan fingerprint density at radius 3 is 2.95 bits per heavy atom. The average Bonchev–Trinajstić information content (AvgIpc) is 2.79. The highest BCUT2D eigenvalue weighted by Crippen LogP contribution is 2.33. The molecule has 110 valence electrons. The highest BCUT2D eigenvalue weighted by atomic mass is 19.1. The van der Waals surface area contributed by atoms with E-state index in [0.717, 1.165) is 18.2 Å². The number of benzene rings is 1. The summed E-state index contributed by atoms with van der Waals surface area (Å²) in [7, 11) is 1.30. The van der Waals surface area contributed by atoms with Gasteiger partial charge in [-0.25, -0.2) is 8.78 Å². The molecule has 1 N–H and O–H groups in total. The van der Waals surface area contributed by atoms with Crippen molar-refractivity contribution in [2.24, 2.45) is 0 Å². The van der Waals surface area contributed by atoms with Crippen LogP contribution in [0.3, 0.4) is 0 Å². The van der Waals surface area contributed by atoms with Crippen LogP contribution >= 0.6 is 0 Å². The van der Waals surface area contributed by atoms with Crippen molar-refractivity contribution in [3.63, 3.8) is 0 Å². The summed E-state index contributed by atoms with van der Waals surface area (Å²) in [6.07, 6.45) is -0.140. The van der Waals surface area contributed by atoms with E-state index in [0.29, 0.717) is 19.5 Å². The lowest BCUT2D eigenvalue weighted by molar-refractivity contribution is -0.141. The molecule has 0 radical (unpaired) electrons. The first-order chi connectivity index (χ1) is 9.51. The van der Waals surface area contributed by atoms with E-state index in [1.54, 1.807) is 4.90 Å². The molecule has 2 unspecified atom stereocenters. The third kappa shape index (κ3) is 3.32. The first-order valence-electron chi connectivity index (χ1n) is 6.45. The van der Waals surface area contributed by atoms with Crippen molar-refractivity contribution in [2.75, 3.05) is 20.2 Å². The van der Waals surface area contributed by atoms with Gasteiger partial charge in [0.05, 0.1) is 19.6 Å². The van der Waals surface area contributed by atoms with Crippen LogP contribution in [0.2, 0.25) is 0 Å². The molecule has 1 heterocycles. The summed E-state index contributed by atoms with van der Waals surface area (Å²) in [6.45, 7) is 0.669. The largest absolute Gasteiger partial charge is 0.469 e. The van der Waals surface area contributed by atoms with Gasteiger partial charge in [0.1, 0.15) is 11.6 Å². The molecule has 0 aromatic heterocycles. The summed E-state index contributed by atoms with van der Waals surface area (Å²) in [5, 5.41) is 9.74. The zero-order valence-corrected chi connectivity index (χ0v) is 11.2. The molecule has 0 saturated carbocycles. The normalized spacial score (nSPS) is 23.0. The van der Waals surface area contributed by atoms with Gasteiger partial charge in [-0.1, -0.05) is 0 Å². The third-order valence-electron chi connectivity index (χ3n) is 3.53. The predicted molar refractivity (Wildman–Crippen MR) is 67.9 cm³/mol. The van der Waals surface area contributed by atoms with Crippen LogP contribution in [0.4, 0.5) is 8.78 Å². The van der Waals surface area contributed by atoms with E-state index in [1.165, 1.54) is 7.11 Å². The number of hydrogen-bond donors (Lipinski definition) is 1. The lowest BCUT2D eigenvalue weighted by atomic mass is 10.0. The minimum absolute atomic E-state index is 0.149. The SMILES string of the molecule is COC(=O)CCN1CC(O)CC1c1cc(F)ccc1F. The molecule has 4 nitrogen and oxygen atoms in total. The molecule has 1 aromatic rings. The van der Waals surface area contributed by atoms with Gasteiger partial charge in [0.25, 0.3) is 0 Å². The number of likely N-dealkylation sites (tertiary alicyclic amines) is 1. The fraction of sp³-hybridized carbons (Fsp3) is 0.500. The number of carbonyl (C=O) groups is 1. The first-order valence-corrected chi connectivity index (χ1v) is 6.45. The van der Waals surface area contributed by atoms with E-state index in [-0.39, 0.29) is 18.0 Å². The van der Waals surface area contributed by atoms with E-state index < -0.39 is 23.8 Å². The first kappa shape index (κ1) is 14.9. The lowest BCUT2D eigenvalue weighted by Gasteiger charge is -2.24. The Hall–Kier alpha value is -1.53. The Labute approximate surface area is 116 Å². The molecule has 1 aliphatic heterocycles. The maximum Gasteiger partial charge on any atom is 0.306 e. The van der Waals surface area contributed by atoms with Gasteiger partial charge < -0.3 is 9.84 Å². The van der Waals surface area contributed by atoms with Crippen LogP contribution in [0.15, 0.2) is 18.2 Å². The van der Waals surface area contributed by atoms with Crippen LogP contribution in [-0.2, 0) is 9.53 Å². The second-order valence-electron chi connectivity index (χ2n) is 4.89. The van der Waals surface area contributed by atoms with Crippen LogP contribution in [0.5, 0.6) is 0 Å². The van der Waals surface area contributed by atoms with Gasteiger partial charge in [-0.15, -0.1) is 0 Å². The van der Waals surface area contributed by atoms with Gasteiger partial charge in [0, 0.05) is 24.7 Å². The molecule has 1 fully saturated rings. The minimum atomic E-state index is -0.611. The molecule has 1 aromatic carbocycles.